The molecule has 0 saturated heterocycles. The Balaban J connectivity index is 1.70. The zero-order valence-electron chi connectivity index (χ0n) is 21.9. The van der Waals surface area contributed by atoms with Crippen LogP contribution in [0.5, 0.6) is 5.75 Å². The third kappa shape index (κ3) is 7.01. The van der Waals surface area contributed by atoms with Crippen LogP contribution in [-0.4, -0.2) is 67.6 Å². The van der Waals surface area contributed by atoms with Gasteiger partial charge in [-0.25, -0.2) is 34.8 Å². The van der Waals surface area contributed by atoms with Gasteiger partial charge in [0, 0.05) is 18.5 Å². The average molecular weight is 602 g/mol. The Kier molecular flexibility index (Phi) is 7.66. The molecular weight excluding hydrogens is 570 g/mol. The number of sulfone groups is 1. The standard InChI is InChI=1S/C24H31N3O9S3/c1-24(2,3)36-23(28)26-16-8-11-22-21(12-16)27(15-17(35-22)14-25-38(31,32)18-9-10-18)39(33,34)20-7-5-6-19(13-20)37(4,29)30/h5-8,11-13,17-18,25H,9-10,14-15H2,1-4H3,(H,26,28). The van der Waals surface area contributed by atoms with Crippen molar-refractivity contribution in [2.75, 3.05) is 29.0 Å². The van der Waals surface area contributed by atoms with Crippen LogP contribution in [0.4, 0.5) is 16.2 Å². The number of hydrogen-bond acceptors (Lipinski definition) is 9. The number of sulfonamides is 2. The number of carbonyl (C=O) groups excluding carboxylic acids is 1. The topological polar surface area (TPSA) is 165 Å². The van der Waals surface area contributed by atoms with Gasteiger partial charge in [0.2, 0.25) is 10.0 Å². The van der Waals surface area contributed by atoms with Gasteiger partial charge in [0.25, 0.3) is 10.0 Å². The molecule has 0 spiro atoms. The van der Waals surface area contributed by atoms with E-state index in [9.17, 15) is 30.0 Å². The number of rotatable bonds is 8. The second-order valence-electron chi connectivity index (χ2n) is 10.4. The summed E-state index contributed by atoms with van der Waals surface area (Å²) >= 11 is 0. The van der Waals surface area contributed by atoms with Crippen molar-refractivity contribution in [2.45, 2.75) is 60.4 Å². The molecule has 1 fully saturated rings. The highest BCUT2D eigenvalue weighted by atomic mass is 32.2. The first-order valence-corrected chi connectivity index (χ1v) is 17.0. The van der Waals surface area contributed by atoms with E-state index in [1.54, 1.807) is 20.8 Å². The van der Waals surface area contributed by atoms with Gasteiger partial charge in [-0.2, -0.15) is 0 Å². The van der Waals surface area contributed by atoms with E-state index in [4.69, 9.17) is 9.47 Å². The Morgan fingerprint density at radius 1 is 1.03 bits per heavy atom. The summed E-state index contributed by atoms with van der Waals surface area (Å²) in [6.07, 6.45) is 0.465. The summed E-state index contributed by atoms with van der Waals surface area (Å²) < 4.78 is 91.3. The highest BCUT2D eigenvalue weighted by molar-refractivity contribution is 7.93. The molecule has 2 aliphatic rings. The van der Waals surface area contributed by atoms with Crippen molar-refractivity contribution in [3.8, 4) is 5.75 Å². The lowest BCUT2D eigenvalue weighted by molar-refractivity contribution is 0.0636. The molecular formula is C24H31N3O9S3. The summed E-state index contributed by atoms with van der Waals surface area (Å²) in [7, 11) is -11.6. The van der Waals surface area contributed by atoms with E-state index in [1.165, 1.54) is 36.4 Å². The Hall–Kier alpha value is -2.88. The number of carbonyl (C=O) groups is 1. The summed E-state index contributed by atoms with van der Waals surface area (Å²) in [5.41, 5.74) is -0.457. The fourth-order valence-corrected chi connectivity index (χ4v) is 7.54. The van der Waals surface area contributed by atoms with Gasteiger partial charge in [-0.15, -0.1) is 0 Å². The molecule has 39 heavy (non-hydrogen) atoms. The molecule has 2 aromatic carbocycles. The monoisotopic (exact) mass is 601 g/mol. The molecule has 2 N–H and O–H groups in total. The van der Waals surface area contributed by atoms with Gasteiger partial charge in [0.05, 0.1) is 27.3 Å². The first-order chi connectivity index (χ1) is 18.0. The molecule has 2 aromatic rings. The molecule has 1 unspecified atom stereocenters. The van der Waals surface area contributed by atoms with E-state index < -0.39 is 52.9 Å². The predicted molar refractivity (Wildman–Crippen MR) is 145 cm³/mol. The number of anilines is 2. The van der Waals surface area contributed by atoms with E-state index in [0.29, 0.717) is 12.8 Å². The van der Waals surface area contributed by atoms with Crippen LogP contribution in [0.15, 0.2) is 52.3 Å². The lowest BCUT2D eigenvalue weighted by atomic mass is 10.2. The van der Waals surface area contributed by atoms with Crippen molar-refractivity contribution in [3.63, 3.8) is 0 Å². The van der Waals surface area contributed by atoms with E-state index in [1.807, 2.05) is 0 Å². The summed E-state index contributed by atoms with van der Waals surface area (Å²) in [4.78, 5) is 11.8. The third-order valence-corrected chi connectivity index (χ3v) is 10.6. The molecule has 15 heteroatoms. The quantitative estimate of drug-likeness (QED) is 0.462. The Morgan fingerprint density at radius 2 is 1.69 bits per heavy atom. The maximum Gasteiger partial charge on any atom is 0.412 e. The van der Waals surface area contributed by atoms with Crippen molar-refractivity contribution in [2.24, 2.45) is 0 Å². The zero-order chi connectivity index (χ0) is 28.8. The zero-order valence-corrected chi connectivity index (χ0v) is 24.3. The number of fused-ring (bicyclic) bond motifs is 1. The van der Waals surface area contributed by atoms with Crippen molar-refractivity contribution in [3.05, 3.63) is 42.5 Å². The number of hydrogen-bond donors (Lipinski definition) is 2. The van der Waals surface area contributed by atoms with Crippen LogP contribution in [0.25, 0.3) is 0 Å². The molecule has 1 aliphatic carbocycles. The number of ether oxygens (including phenoxy) is 2. The van der Waals surface area contributed by atoms with Gasteiger partial charge in [-0.1, -0.05) is 6.07 Å². The van der Waals surface area contributed by atoms with Crippen LogP contribution in [0, 0.1) is 0 Å². The normalized spacial score (nSPS) is 18.2. The molecule has 1 heterocycles. The lowest BCUT2D eigenvalue weighted by Gasteiger charge is -2.36. The molecule has 12 nitrogen and oxygen atoms in total. The fraction of sp³-hybridized carbons (Fsp3) is 0.458. The van der Waals surface area contributed by atoms with E-state index in [2.05, 4.69) is 10.0 Å². The smallest absolute Gasteiger partial charge is 0.412 e. The highest BCUT2D eigenvalue weighted by Crippen LogP contribution is 2.39. The van der Waals surface area contributed by atoms with Crippen LogP contribution in [-0.2, 0) is 34.6 Å². The summed E-state index contributed by atoms with van der Waals surface area (Å²) in [6, 6.07) is 9.29. The van der Waals surface area contributed by atoms with Crippen molar-refractivity contribution in [1.82, 2.24) is 4.72 Å². The van der Waals surface area contributed by atoms with Crippen LogP contribution in [0.2, 0.25) is 0 Å². The summed E-state index contributed by atoms with van der Waals surface area (Å²) in [5, 5.41) is 2.09. The molecule has 214 valence electrons. The third-order valence-electron chi connectivity index (χ3n) is 5.83. The Bertz CT molecular complexity index is 1590. The van der Waals surface area contributed by atoms with Gasteiger partial charge < -0.3 is 9.47 Å². The summed E-state index contributed by atoms with van der Waals surface area (Å²) in [6.45, 7) is 4.64. The fourth-order valence-electron chi connectivity index (χ4n) is 3.84. The van der Waals surface area contributed by atoms with Gasteiger partial charge >= 0.3 is 6.09 Å². The first kappa shape index (κ1) is 29.1. The lowest BCUT2D eigenvalue weighted by Crippen LogP contribution is -2.48. The SMILES string of the molecule is CC(C)(C)OC(=O)Nc1ccc2c(c1)N(S(=O)(=O)c1cccc(S(C)(=O)=O)c1)CC(CNS(=O)(=O)C1CC1)O2. The minimum absolute atomic E-state index is 0.0783. The Labute approximate surface area is 228 Å². The highest BCUT2D eigenvalue weighted by Gasteiger charge is 2.39. The van der Waals surface area contributed by atoms with Gasteiger partial charge in [-0.05, 0) is 70.0 Å². The van der Waals surface area contributed by atoms with Crippen LogP contribution < -0.4 is 19.1 Å². The minimum atomic E-state index is -4.36. The van der Waals surface area contributed by atoms with Crippen molar-refractivity contribution in [1.29, 1.82) is 0 Å². The average Bonchev–Trinajstić information content (AvgIpc) is 3.67. The van der Waals surface area contributed by atoms with Gasteiger partial charge in [0.15, 0.2) is 9.84 Å². The largest absolute Gasteiger partial charge is 0.485 e. The van der Waals surface area contributed by atoms with Crippen LogP contribution in [0.3, 0.4) is 0 Å². The number of nitrogens with zero attached hydrogens (tertiary/aromatic N) is 1. The maximum absolute atomic E-state index is 13.8. The number of benzene rings is 2. The number of nitrogens with one attached hydrogen (secondary N) is 2. The Morgan fingerprint density at radius 3 is 2.31 bits per heavy atom. The first-order valence-electron chi connectivity index (χ1n) is 12.1. The maximum atomic E-state index is 13.8. The van der Waals surface area contributed by atoms with Crippen LogP contribution >= 0.6 is 0 Å². The second-order valence-corrected chi connectivity index (χ2v) is 16.3. The summed E-state index contributed by atoms with van der Waals surface area (Å²) in [5.74, 6) is 0.134. The van der Waals surface area contributed by atoms with Crippen LogP contribution in [0.1, 0.15) is 33.6 Å². The molecule has 1 atom stereocenters. The van der Waals surface area contributed by atoms with Gasteiger partial charge in [-0.3, -0.25) is 9.62 Å². The molecule has 1 aliphatic heterocycles. The molecule has 0 bridgehead atoms. The number of amides is 1. The van der Waals surface area contributed by atoms with Crippen molar-refractivity contribution < 1.29 is 39.5 Å². The second kappa shape index (κ2) is 10.3. The van der Waals surface area contributed by atoms with E-state index in [-0.39, 0.29) is 40.0 Å². The van der Waals surface area contributed by atoms with E-state index >= 15 is 0 Å². The molecule has 1 amide bonds. The molecule has 0 aromatic heterocycles. The van der Waals surface area contributed by atoms with E-state index in [0.717, 1.165) is 16.6 Å². The van der Waals surface area contributed by atoms with Gasteiger partial charge in [0.1, 0.15) is 17.5 Å². The van der Waals surface area contributed by atoms with Crippen molar-refractivity contribution >= 4 is 47.4 Å². The predicted octanol–water partition coefficient (Wildman–Crippen LogP) is 2.48. The molecule has 0 radical (unpaired) electrons. The molecule has 1 saturated carbocycles. The minimum Gasteiger partial charge on any atom is -0.485 e. The molecule has 4 rings (SSSR count).